The summed E-state index contributed by atoms with van der Waals surface area (Å²) in [6.07, 6.45) is -2.59. The molecule has 194 valence electrons. The van der Waals surface area contributed by atoms with Crippen molar-refractivity contribution in [1.29, 1.82) is 0 Å². The van der Waals surface area contributed by atoms with Crippen molar-refractivity contribution < 1.29 is 22.7 Å². The molecule has 1 unspecified atom stereocenters. The molecular formula is C22H23ClF3IN5O3P. The predicted molar refractivity (Wildman–Crippen MR) is 141 cm³/mol. The van der Waals surface area contributed by atoms with E-state index < -0.39 is 23.3 Å². The molecule has 8 nitrogen and oxygen atoms in total. The number of alkyl halides is 3. The van der Waals surface area contributed by atoms with Crippen LogP contribution in [-0.4, -0.2) is 38.7 Å². The minimum Gasteiger partial charge on any atom is -0.463 e. The first-order valence-corrected chi connectivity index (χ1v) is 15.3. The minimum absolute atomic E-state index is 0.0123. The van der Waals surface area contributed by atoms with Gasteiger partial charge in [-0.25, -0.2) is 14.2 Å². The van der Waals surface area contributed by atoms with Crippen molar-refractivity contribution in [3.63, 3.8) is 0 Å². The van der Waals surface area contributed by atoms with Gasteiger partial charge in [-0.3, -0.25) is 4.79 Å². The summed E-state index contributed by atoms with van der Waals surface area (Å²) in [4.78, 5) is 31.0. The fourth-order valence-corrected chi connectivity index (χ4v) is 5.52. The van der Waals surface area contributed by atoms with Crippen molar-refractivity contribution in [2.24, 2.45) is 0 Å². The van der Waals surface area contributed by atoms with Gasteiger partial charge < -0.3 is 14.2 Å². The number of esters is 1. The average molecular weight is 656 g/mol. The van der Waals surface area contributed by atoms with Gasteiger partial charge in [0.1, 0.15) is 5.02 Å². The third kappa shape index (κ3) is 5.70. The predicted octanol–water partition coefficient (Wildman–Crippen LogP) is 5.33. The molecule has 1 aliphatic rings. The molecule has 0 saturated carbocycles. The summed E-state index contributed by atoms with van der Waals surface area (Å²) in [5.41, 5.74) is 0.368. The Balaban J connectivity index is 0.00000176. The standard InChI is InChI=1S/C20H17ClF3IN5O3P.C2H6/c1-33-19(32)17-27-13-10-28(15-8-26-30(34-25)18(31)16(15)21)7-6-14(13)29(17)9-11-4-2-3-5-12(11)20(22,23)24;1-2/h2-5,8,34H,6-7,9-10H2,1H3;1-2H3. The van der Waals surface area contributed by atoms with Crippen LogP contribution in [0, 0.1) is 0 Å². The number of carbonyl (C=O) groups excluding carboxylic acids is 1. The normalized spacial score (nSPS) is 13.4. The molecule has 2 aromatic heterocycles. The lowest BCUT2D eigenvalue weighted by Gasteiger charge is -2.29. The lowest BCUT2D eigenvalue weighted by atomic mass is 10.1. The van der Waals surface area contributed by atoms with Gasteiger partial charge in [0.2, 0.25) is 5.82 Å². The molecule has 0 aliphatic carbocycles. The molecule has 1 atom stereocenters. The first-order chi connectivity index (χ1) is 17.2. The van der Waals surface area contributed by atoms with Crippen LogP contribution in [0.25, 0.3) is 0 Å². The second-order valence-electron chi connectivity index (χ2n) is 7.38. The Morgan fingerprint density at radius 3 is 2.61 bits per heavy atom. The Morgan fingerprint density at radius 1 is 1.28 bits per heavy atom. The number of carbonyl (C=O) groups is 1. The number of methoxy groups -OCH3 is 1. The number of aromatic nitrogens is 4. The van der Waals surface area contributed by atoms with E-state index in [1.165, 1.54) is 40.5 Å². The SMILES string of the molecule is CC.COC(=O)c1nc2c(n1Cc1ccccc1C(F)(F)F)CCN(c1cnn(PI)c(=O)c1Cl)C2. The van der Waals surface area contributed by atoms with Gasteiger partial charge in [0.15, 0.2) is 0 Å². The molecule has 0 N–H and O–H groups in total. The molecular weight excluding hydrogens is 633 g/mol. The summed E-state index contributed by atoms with van der Waals surface area (Å²) in [6, 6.07) is 5.21. The van der Waals surface area contributed by atoms with Crippen molar-refractivity contribution in [1.82, 2.24) is 19.1 Å². The number of benzene rings is 1. The summed E-state index contributed by atoms with van der Waals surface area (Å²) in [6.45, 7) is 4.40. The third-order valence-electron chi connectivity index (χ3n) is 5.46. The number of fused-ring (bicyclic) bond motifs is 1. The summed E-state index contributed by atoms with van der Waals surface area (Å²) in [5.74, 6) is -0.840. The maximum atomic E-state index is 13.5. The number of nitrogens with zero attached hydrogens (tertiary/aromatic N) is 5. The fraction of sp³-hybridized carbons (Fsp3) is 0.364. The number of halogens is 5. The monoisotopic (exact) mass is 655 g/mol. The van der Waals surface area contributed by atoms with E-state index >= 15 is 0 Å². The number of ether oxygens (including phenoxy) is 1. The van der Waals surface area contributed by atoms with E-state index in [2.05, 4.69) is 10.1 Å². The summed E-state index contributed by atoms with van der Waals surface area (Å²) >= 11 is 8.32. The van der Waals surface area contributed by atoms with Crippen LogP contribution in [0.4, 0.5) is 18.9 Å². The average Bonchev–Trinajstić information content (AvgIpc) is 3.23. The third-order valence-corrected chi connectivity index (χ3v) is 7.66. The number of hydrogen-bond acceptors (Lipinski definition) is 6. The van der Waals surface area contributed by atoms with E-state index in [9.17, 15) is 22.8 Å². The number of rotatable bonds is 5. The Kier molecular flexibility index (Phi) is 9.39. The maximum absolute atomic E-state index is 13.5. The Bertz CT molecular complexity index is 1320. The van der Waals surface area contributed by atoms with Crippen molar-refractivity contribution in [2.75, 3.05) is 18.6 Å². The van der Waals surface area contributed by atoms with Crippen molar-refractivity contribution in [2.45, 2.75) is 39.5 Å². The zero-order valence-electron chi connectivity index (χ0n) is 19.6. The van der Waals surface area contributed by atoms with Crippen molar-refractivity contribution in [3.8, 4) is 0 Å². The first kappa shape index (κ1) is 28.4. The lowest BCUT2D eigenvalue weighted by Crippen LogP contribution is -2.33. The molecule has 0 saturated heterocycles. The highest BCUT2D eigenvalue weighted by molar-refractivity contribution is 14.2. The van der Waals surface area contributed by atoms with Crippen molar-refractivity contribution >= 4 is 51.7 Å². The largest absolute Gasteiger partial charge is 0.463 e. The maximum Gasteiger partial charge on any atom is 0.416 e. The summed E-state index contributed by atoms with van der Waals surface area (Å²) < 4.78 is 48.2. The number of hydrogen-bond donors (Lipinski definition) is 0. The van der Waals surface area contributed by atoms with Gasteiger partial charge in [-0.05, 0) is 33.7 Å². The molecule has 0 radical (unpaired) electrons. The Hall–Kier alpha value is -2.18. The minimum atomic E-state index is -4.54. The van der Waals surface area contributed by atoms with Crippen LogP contribution in [0.5, 0.6) is 0 Å². The van der Waals surface area contributed by atoms with E-state index in [0.717, 1.165) is 6.07 Å². The van der Waals surface area contributed by atoms with Crippen LogP contribution in [0.1, 0.15) is 47.0 Å². The van der Waals surface area contributed by atoms with Gasteiger partial charge in [0.25, 0.3) is 5.56 Å². The fourth-order valence-electron chi connectivity index (χ4n) is 3.88. The van der Waals surface area contributed by atoms with Crippen LogP contribution >= 0.6 is 40.0 Å². The molecule has 36 heavy (non-hydrogen) atoms. The van der Waals surface area contributed by atoms with E-state index in [-0.39, 0.29) is 35.9 Å². The van der Waals surface area contributed by atoms with E-state index in [1.807, 2.05) is 40.8 Å². The molecule has 0 spiro atoms. The molecule has 4 rings (SSSR count). The van der Waals surface area contributed by atoms with Gasteiger partial charge in [-0.1, -0.05) is 43.6 Å². The van der Waals surface area contributed by atoms with Gasteiger partial charge in [-0.15, -0.1) is 0 Å². The second-order valence-corrected chi connectivity index (χ2v) is 9.80. The van der Waals surface area contributed by atoms with Gasteiger partial charge >= 0.3 is 12.1 Å². The molecule has 0 bridgehead atoms. The van der Waals surface area contributed by atoms with Crippen LogP contribution in [0.2, 0.25) is 5.02 Å². The zero-order chi connectivity index (χ0) is 26.6. The number of imidazole rings is 1. The van der Waals surface area contributed by atoms with Gasteiger partial charge in [0, 0.05) is 18.7 Å². The summed E-state index contributed by atoms with van der Waals surface area (Å²) in [5, 5.41) is 4.14. The quantitative estimate of drug-likeness (QED) is 0.210. The highest BCUT2D eigenvalue weighted by atomic mass is 127. The van der Waals surface area contributed by atoms with E-state index in [4.69, 9.17) is 16.3 Å². The Morgan fingerprint density at radius 2 is 1.97 bits per heavy atom. The highest BCUT2D eigenvalue weighted by Crippen LogP contribution is 2.34. The molecule has 1 aromatic carbocycles. The second kappa shape index (κ2) is 11.9. The van der Waals surface area contributed by atoms with E-state index in [0.29, 0.717) is 30.0 Å². The molecule has 3 heterocycles. The molecule has 0 amide bonds. The van der Waals surface area contributed by atoms with Crippen molar-refractivity contribution in [3.05, 3.63) is 74.2 Å². The topological polar surface area (TPSA) is 82.2 Å². The van der Waals surface area contributed by atoms with Crippen LogP contribution in [0.15, 0.2) is 35.3 Å². The van der Waals surface area contributed by atoms with Crippen LogP contribution in [-0.2, 0) is 30.4 Å². The van der Waals surface area contributed by atoms with Gasteiger partial charge in [-0.2, -0.15) is 18.3 Å². The molecule has 1 aliphatic heterocycles. The summed E-state index contributed by atoms with van der Waals surface area (Å²) in [7, 11) is 1.19. The van der Waals surface area contributed by atoms with Crippen LogP contribution in [0.3, 0.4) is 0 Å². The zero-order valence-corrected chi connectivity index (χ0v) is 23.5. The first-order valence-electron chi connectivity index (χ1n) is 10.9. The van der Waals surface area contributed by atoms with Gasteiger partial charge in [0.05, 0.1) is 49.7 Å². The highest BCUT2D eigenvalue weighted by Gasteiger charge is 2.34. The van der Waals surface area contributed by atoms with E-state index in [1.54, 1.807) is 0 Å². The lowest BCUT2D eigenvalue weighted by molar-refractivity contribution is -0.138. The molecule has 3 aromatic rings. The Labute approximate surface area is 225 Å². The molecule has 14 heteroatoms. The smallest absolute Gasteiger partial charge is 0.416 e. The van der Waals surface area contributed by atoms with Crippen LogP contribution < -0.4 is 10.5 Å². The number of anilines is 1. The molecule has 0 fully saturated rings.